The molecule has 0 saturated heterocycles. The van der Waals surface area contributed by atoms with Gasteiger partial charge in [-0.05, 0) is 19.1 Å². The predicted molar refractivity (Wildman–Crippen MR) is 53.1 cm³/mol. The lowest BCUT2D eigenvalue weighted by atomic mass is 10.3. The molecule has 0 unspecified atom stereocenters. The van der Waals surface area contributed by atoms with E-state index in [-0.39, 0.29) is 0 Å². The van der Waals surface area contributed by atoms with Crippen LogP contribution in [0.3, 0.4) is 0 Å². The SMILES string of the molecule is CCN(C=S)c1ccccc1. The zero-order valence-electron chi connectivity index (χ0n) is 6.53. The summed E-state index contributed by atoms with van der Waals surface area (Å²) < 4.78 is 0. The van der Waals surface area contributed by atoms with Crippen molar-refractivity contribution in [2.75, 3.05) is 11.4 Å². The van der Waals surface area contributed by atoms with Crippen molar-refractivity contribution in [3.63, 3.8) is 0 Å². The highest BCUT2D eigenvalue weighted by molar-refractivity contribution is 7.79. The quantitative estimate of drug-likeness (QED) is 0.633. The molecule has 0 aliphatic heterocycles. The van der Waals surface area contributed by atoms with Crippen molar-refractivity contribution in [3.8, 4) is 0 Å². The van der Waals surface area contributed by atoms with Crippen molar-refractivity contribution < 1.29 is 0 Å². The molecular formula is C9H11NS. The molecule has 11 heavy (non-hydrogen) atoms. The Balaban J connectivity index is 2.82. The molecule has 1 aromatic carbocycles. The summed E-state index contributed by atoms with van der Waals surface area (Å²) in [6.45, 7) is 3.00. The molecule has 0 aliphatic carbocycles. The van der Waals surface area contributed by atoms with Crippen LogP contribution < -0.4 is 4.90 Å². The maximum atomic E-state index is 4.86. The third-order valence-electron chi connectivity index (χ3n) is 1.56. The van der Waals surface area contributed by atoms with Gasteiger partial charge in [-0.2, -0.15) is 0 Å². The first kappa shape index (κ1) is 8.21. The van der Waals surface area contributed by atoms with Crippen LogP contribution in [0.4, 0.5) is 5.69 Å². The smallest absolute Gasteiger partial charge is 0.0685 e. The van der Waals surface area contributed by atoms with Gasteiger partial charge in [0.25, 0.3) is 0 Å². The van der Waals surface area contributed by atoms with E-state index in [1.807, 2.05) is 35.2 Å². The third kappa shape index (κ3) is 2.02. The van der Waals surface area contributed by atoms with Gasteiger partial charge < -0.3 is 4.90 Å². The molecule has 0 N–H and O–H groups in total. The van der Waals surface area contributed by atoms with E-state index in [9.17, 15) is 0 Å². The van der Waals surface area contributed by atoms with Crippen molar-refractivity contribution in [1.82, 2.24) is 0 Å². The largest absolute Gasteiger partial charge is 0.339 e. The van der Waals surface area contributed by atoms with Crippen LogP contribution in [0.5, 0.6) is 0 Å². The van der Waals surface area contributed by atoms with Crippen molar-refractivity contribution in [3.05, 3.63) is 30.3 Å². The Labute approximate surface area is 72.6 Å². The molecule has 0 amide bonds. The minimum atomic E-state index is 0.924. The van der Waals surface area contributed by atoms with Crippen LogP contribution in [0.15, 0.2) is 30.3 Å². The number of rotatable bonds is 3. The minimum absolute atomic E-state index is 0.924. The highest BCUT2D eigenvalue weighted by atomic mass is 32.1. The van der Waals surface area contributed by atoms with Gasteiger partial charge in [0, 0.05) is 12.2 Å². The van der Waals surface area contributed by atoms with Crippen LogP contribution >= 0.6 is 12.2 Å². The predicted octanol–water partition coefficient (Wildman–Crippen LogP) is 2.47. The molecule has 0 aromatic heterocycles. The van der Waals surface area contributed by atoms with Gasteiger partial charge in [0.15, 0.2) is 0 Å². The Morgan fingerprint density at radius 2 is 2.00 bits per heavy atom. The van der Waals surface area contributed by atoms with Crippen LogP contribution in [0.1, 0.15) is 6.92 Å². The van der Waals surface area contributed by atoms with Gasteiger partial charge in [-0.15, -0.1) is 0 Å². The van der Waals surface area contributed by atoms with E-state index in [1.165, 1.54) is 0 Å². The lowest BCUT2D eigenvalue weighted by molar-refractivity contribution is 1.08. The molecule has 0 aliphatic rings. The maximum Gasteiger partial charge on any atom is 0.0685 e. The Morgan fingerprint density at radius 3 is 2.45 bits per heavy atom. The number of benzene rings is 1. The van der Waals surface area contributed by atoms with Crippen LogP contribution in [0.2, 0.25) is 0 Å². The fourth-order valence-electron chi connectivity index (χ4n) is 0.937. The van der Waals surface area contributed by atoms with Gasteiger partial charge in [-0.1, -0.05) is 30.4 Å². The molecule has 0 spiro atoms. The van der Waals surface area contributed by atoms with Crippen molar-refractivity contribution in [2.24, 2.45) is 0 Å². The summed E-state index contributed by atoms with van der Waals surface area (Å²) in [7, 11) is 0. The molecule has 1 aromatic rings. The number of anilines is 1. The number of hydrogen-bond acceptors (Lipinski definition) is 1. The summed E-state index contributed by atoms with van der Waals surface area (Å²) in [4.78, 5) is 2.02. The third-order valence-corrected chi connectivity index (χ3v) is 1.81. The summed E-state index contributed by atoms with van der Waals surface area (Å²) in [6, 6.07) is 10.1. The van der Waals surface area contributed by atoms with Gasteiger partial charge >= 0.3 is 0 Å². The topological polar surface area (TPSA) is 3.24 Å². The second-order valence-corrected chi connectivity index (χ2v) is 2.44. The average molecular weight is 165 g/mol. The van der Waals surface area contributed by atoms with E-state index in [0.717, 1.165) is 12.2 Å². The summed E-state index contributed by atoms with van der Waals surface area (Å²) in [6.07, 6.45) is 0. The molecule has 1 rings (SSSR count). The molecule has 58 valence electrons. The fourth-order valence-corrected chi connectivity index (χ4v) is 1.21. The van der Waals surface area contributed by atoms with E-state index >= 15 is 0 Å². The first-order valence-electron chi connectivity index (χ1n) is 3.65. The monoisotopic (exact) mass is 165 g/mol. The van der Waals surface area contributed by atoms with Crippen LogP contribution in [-0.2, 0) is 0 Å². The maximum absolute atomic E-state index is 4.86. The molecular weight excluding hydrogens is 154 g/mol. The van der Waals surface area contributed by atoms with E-state index in [1.54, 1.807) is 5.49 Å². The first-order chi connectivity index (χ1) is 5.38. The van der Waals surface area contributed by atoms with Crippen molar-refractivity contribution in [1.29, 1.82) is 0 Å². The molecule has 0 atom stereocenters. The summed E-state index contributed by atoms with van der Waals surface area (Å²) in [5.74, 6) is 0. The normalized spacial score (nSPS) is 9.18. The Bertz CT molecular complexity index is 220. The van der Waals surface area contributed by atoms with Crippen LogP contribution in [-0.4, -0.2) is 12.0 Å². The van der Waals surface area contributed by atoms with Gasteiger partial charge in [-0.25, -0.2) is 0 Å². The Hall–Kier alpha value is -0.890. The molecule has 0 fully saturated rings. The number of nitrogens with zero attached hydrogens (tertiary/aromatic N) is 1. The molecule has 0 heterocycles. The van der Waals surface area contributed by atoms with E-state index in [0.29, 0.717) is 0 Å². The van der Waals surface area contributed by atoms with Gasteiger partial charge in [0.1, 0.15) is 0 Å². The van der Waals surface area contributed by atoms with Crippen LogP contribution in [0, 0.1) is 0 Å². The van der Waals surface area contributed by atoms with Gasteiger partial charge in [0.2, 0.25) is 0 Å². The second kappa shape index (κ2) is 4.09. The van der Waals surface area contributed by atoms with Gasteiger partial charge in [0.05, 0.1) is 5.49 Å². The molecule has 0 saturated carbocycles. The standard InChI is InChI=1S/C9H11NS/c1-2-10(8-11)9-6-4-3-5-7-9/h3-8H,2H2,1H3. The lowest BCUT2D eigenvalue weighted by Crippen LogP contribution is -2.18. The lowest BCUT2D eigenvalue weighted by Gasteiger charge is -2.15. The summed E-state index contributed by atoms with van der Waals surface area (Å²) in [5, 5.41) is 0. The number of para-hydroxylation sites is 1. The number of hydrogen-bond donors (Lipinski definition) is 0. The molecule has 2 heteroatoms. The molecule has 0 radical (unpaired) electrons. The van der Waals surface area contributed by atoms with Crippen LogP contribution in [0.25, 0.3) is 0 Å². The molecule has 0 bridgehead atoms. The zero-order chi connectivity index (χ0) is 8.10. The van der Waals surface area contributed by atoms with Crippen molar-refractivity contribution >= 4 is 23.4 Å². The highest BCUT2D eigenvalue weighted by Gasteiger charge is 1.96. The van der Waals surface area contributed by atoms with E-state index in [2.05, 4.69) is 6.92 Å². The Kier molecular flexibility index (Phi) is 3.05. The van der Waals surface area contributed by atoms with E-state index in [4.69, 9.17) is 12.2 Å². The summed E-state index contributed by atoms with van der Waals surface area (Å²) in [5.41, 5.74) is 2.83. The zero-order valence-corrected chi connectivity index (χ0v) is 7.34. The van der Waals surface area contributed by atoms with E-state index < -0.39 is 0 Å². The van der Waals surface area contributed by atoms with Crippen molar-refractivity contribution in [2.45, 2.75) is 6.92 Å². The molecule has 1 nitrogen and oxygen atoms in total. The summed E-state index contributed by atoms with van der Waals surface area (Å²) >= 11 is 4.86. The first-order valence-corrected chi connectivity index (χ1v) is 4.12. The fraction of sp³-hybridized carbons (Fsp3) is 0.222. The highest BCUT2D eigenvalue weighted by Crippen LogP contribution is 2.10. The Morgan fingerprint density at radius 1 is 1.36 bits per heavy atom. The second-order valence-electron chi connectivity index (χ2n) is 2.23. The average Bonchev–Trinajstić information content (AvgIpc) is 2.09. The van der Waals surface area contributed by atoms with Gasteiger partial charge in [-0.3, -0.25) is 0 Å². The minimum Gasteiger partial charge on any atom is -0.339 e. The number of thiocarbonyl (C=S) groups is 1.